The first-order valence-corrected chi connectivity index (χ1v) is 8.42. The number of hydrogen-bond donors (Lipinski definition) is 1. The Labute approximate surface area is 143 Å². The second kappa shape index (κ2) is 6.70. The van der Waals surface area contributed by atoms with E-state index in [0.29, 0.717) is 15.9 Å². The molecule has 7 heteroatoms. The number of aryl methyl sites for hydroxylation is 3. The molecule has 0 saturated heterocycles. The molecule has 0 radical (unpaired) electrons. The van der Waals surface area contributed by atoms with Crippen molar-refractivity contribution in [2.24, 2.45) is 0 Å². The van der Waals surface area contributed by atoms with Crippen LogP contribution in [0.2, 0.25) is 0 Å². The third-order valence-corrected chi connectivity index (χ3v) is 4.66. The zero-order valence-corrected chi connectivity index (χ0v) is 14.6. The van der Waals surface area contributed by atoms with Crippen LogP contribution in [0.1, 0.15) is 16.8 Å². The van der Waals surface area contributed by atoms with Gasteiger partial charge in [-0.3, -0.25) is 9.36 Å². The van der Waals surface area contributed by atoms with E-state index in [1.54, 1.807) is 6.92 Å². The van der Waals surface area contributed by atoms with Gasteiger partial charge in [-0.2, -0.15) is 4.37 Å². The Balaban J connectivity index is 1.72. The molecule has 0 amide bonds. The van der Waals surface area contributed by atoms with Crippen LogP contribution in [-0.2, 0) is 6.54 Å². The molecular weight excluding hydrogens is 326 g/mol. The summed E-state index contributed by atoms with van der Waals surface area (Å²) >= 11 is 1.20. The second-order valence-corrected chi connectivity index (χ2v) is 6.64. The molecule has 2 heterocycles. The first-order valence-electron chi connectivity index (χ1n) is 7.65. The van der Waals surface area contributed by atoms with E-state index in [-0.39, 0.29) is 18.7 Å². The predicted molar refractivity (Wildman–Crippen MR) is 93.8 cm³/mol. The summed E-state index contributed by atoms with van der Waals surface area (Å²) in [5, 5.41) is 10.7. The number of fused-ring (bicyclic) bond motifs is 1. The lowest BCUT2D eigenvalue weighted by molar-refractivity contribution is 0.0911. The maximum Gasteiger partial charge on any atom is 0.264 e. The summed E-state index contributed by atoms with van der Waals surface area (Å²) in [5.74, 6) is 0.743. The number of aliphatic hydroxyl groups excluding tert-OH is 1. The monoisotopic (exact) mass is 345 g/mol. The van der Waals surface area contributed by atoms with Gasteiger partial charge in [-0.15, -0.1) is 0 Å². The summed E-state index contributed by atoms with van der Waals surface area (Å²) in [6.07, 6.45) is 0.637. The Bertz CT molecular complexity index is 932. The first kappa shape index (κ1) is 16.6. The Morgan fingerprint density at radius 2 is 2.12 bits per heavy atom. The molecule has 24 heavy (non-hydrogen) atoms. The van der Waals surface area contributed by atoms with Crippen molar-refractivity contribution < 1.29 is 9.84 Å². The SMILES string of the molecule is Cc1ccc(C)c(OC[C@@H](O)Cn2cnc3snc(C)c3c2=O)c1. The molecular formula is C17H19N3O3S. The van der Waals surface area contributed by atoms with Gasteiger partial charge in [-0.1, -0.05) is 12.1 Å². The van der Waals surface area contributed by atoms with Gasteiger partial charge >= 0.3 is 0 Å². The van der Waals surface area contributed by atoms with E-state index >= 15 is 0 Å². The fourth-order valence-corrected chi connectivity index (χ4v) is 3.20. The van der Waals surface area contributed by atoms with Crippen LogP contribution in [0, 0.1) is 20.8 Å². The van der Waals surface area contributed by atoms with Crippen molar-refractivity contribution in [1.82, 2.24) is 13.9 Å². The van der Waals surface area contributed by atoms with Gasteiger partial charge in [-0.25, -0.2) is 4.98 Å². The number of ether oxygens (including phenoxy) is 1. The van der Waals surface area contributed by atoms with Gasteiger partial charge in [0.15, 0.2) is 4.83 Å². The van der Waals surface area contributed by atoms with Crippen molar-refractivity contribution in [3.63, 3.8) is 0 Å². The Morgan fingerprint density at radius 1 is 1.33 bits per heavy atom. The topological polar surface area (TPSA) is 77.2 Å². The van der Waals surface area contributed by atoms with E-state index in [9.17, 15) is 9.90 Å². The zero-order valence-electron chi connectivity index (χ0n) is 13.8. The van der Waals surface area contributed by atoms with Crippen molar-refractivity contribution >= 4 is 21.7 Å². The van der Waals surface area contributed by atoms with Crippen LogP contribution in [-0.4, -0.2) is 31.7 Å². The first-order chi connectivity index (χ1) is 11.5. The van der Waals surface area contributed by atoms with E-state index in [2.05, 4.69) is 9.36 Å². The summed E-state index contributed by atoms with van der Waals surface area (Å²) < 4.78 is 11.2. The van der Waals surface area contributed by atoms with E-state index in [0.717, 1.165) is 16.9 Å². The third kappa shape index (κ3) is 3.32. The molecule has 1 atom stereocenters. The third-order valence-electron chi connectivity index (χ3n) is 3.82. The maximum atomic E-state index is 12.5. The van der Waals surface area contributed by atoms with E-state index in [1.807, 2.05) is 32.0 Å². The van der Waals surface area contributed by atoms with Crippen molar-refractivity contribution in [3.8, 4) is 5.75 Å². The normalized spacial score (nSPS) is 12.5. The predicted octanol–water partition coefficient (Wildman–Crippen LogP) is 2.22. The van der Waals surface area contributed by atoms with Gasteiger partial charge in [0.1, 0.15) is 18.5 Å². The summed E-state index contributed by atoms with van der Waals surface area (Å²) in [5.41, 5.74) is 2.59. The average molecular weight is 345 g/mol. The van der Waals surface area contributed by atoms with Crippen molar-refractivity contribution in [1.29, 1.82) is 0 Å². The van der Waals surface area contributed by atoms with Gasteiger partial charge in [0, 0.05) is 0 Å². The molecule has 0 aliphatic rings. The van der Waals surface area contributed by atoms with Crippen molar-refractivity contribution in [2.75, 3.05) is 6.61 Å². The second-order valence-electron chi connectivity index (χ2n) is 5.88. The van der Waals surface area contributed by atoms with Crippen LogP contribution in [0.3, 0.4) is 0 Å². The number of aliphatic hydroxyl groups is 1. The Kier molecular flexibility index (Phi) is 4.64. The molecule has 1 N–H and O–H groups in total. The lowest BCUT2D eigenvalue weighted by Crippen LogP contribution is -2.30. The molecule has 2 aromatic heterocycles. The quantitative estimate of drug-likeness (QED) is 0.767. The molecule has 0 bridgehead atoms. The highest BCUT2D eigenvalue weighted by molar-refractivity contribution is 7.12. The summed E-state index contributed by atoms with van der Waals surface area (Å²) in [7, 11) is 0. The van der Waals surface area contributed by atoms with Crippen LogP contribution in [0.15, 0.2) is 29.3 Å². The van der Waals surface area contributed by atoms with E-state index in [1.165, 1.54) is 22.4 Å². The lowest BCUT2D eigenvalue weighted by Gasteiger charge is -2.15. The zero-order chi connectivity index (χ0) is 17.3. The van der Waals surface area contributed by atoms with Gasteiger partial charge in [-0.05, 0) is 49.5 Å². The molecule has 126 valence electrons. The number of rotatable bonds is 5. The summed E-state index contributed by atoms with van der Waals surface area (Å²) in [6.45, 7) is 5.96. The molecule has 3 rings (SSSR count). The molecule has 3 aromatic rings. The van der Waals surface area contributed by atoms with Gasteiger partial charge < -0.3 is 9.84 Å². The highest BCUT2D eigenvalue weighted by Crippen LogP contribution is 2.19. The fraction of sp³-hybridized carbons (Fsp3) is 0.353. The van der Waals surface area contributed by atoms with Crippen LogP contribution < -0.4 is 10.3 Å². The smallest absolute Gasteiger partial charge is 0.264 e. The van der Waals surface area contributed by atoms with Crippen molar-refractivity contribution in [2.45, 2.75) is 33.4 Å². The largest absolute Gasteiger partial charge is 0.491 e. The maximum absolute atomic E-state index is 12.5. The molecule has 0 fully saturated rings. The van der Waals surface area contributed by atoms with Crippen LogP contribution in [0.5, 0.6) is 5.75 Å². The number of benzene rings is 1. The molecule has 0 aliphatic heterocycles. The minimum atomic E-state index is -0.811. The number of hydrogen-bond acceptors (Lipinski definition) is 6. The van der Waals surface area contributed by atoms with Crippen molar-refractivity contribution in [3.05, 3.63) is 51.7 Å². The molecule has 0 spiro atoms. The molecule has 0 saturated carbocycles. The Morgan fingerprint density at radius 3 is 2.92 bits per heavy atom. The van der Waals surface area contributed by atoms with E-state index in [4.69, 9.17) is 4.74 Å². The lowest BCUT2D eigenvalue weighted by atomic mass is 10.1. The van der Waals surface area contributed by atoms with Gasteiger partial charge in [0.2, 0.25) is 0 Å². The average Bonchev–Trinajstić information content (AvgIpc) is 2.93. The van der Waals surface area contributed by atoms with Crippen LogP contribution in [0.25, 0.3) is 10.2 Å². The van der Waals surface area contributed by atoms with E-state index < -0.39 is 6.10 Å². The van der Waals surface area contributed by atoms with Gasteiger partial charge in [0.05, 0.1) is 24.0 Å². The van der Waals surface area contributed by atoms with Crippen LogP contribution >= 0.6 is 11.5 Å². The molecule has 0 aliphatic carbocycles. The van der Waals surface area contributed by atoms with Crippen LogP contribution in [0.4, 0.5) is 0 Å². The molecule has 0 unspecified atom stereocenters. The van der Waals surface area contributed by atoms with Gasteiger partial charge in [0.25, 0.3) is 5.56 Å². The number of aromatic nitrogens is 3. The Hall–Kier alpha value is -2.25. The standard InChI is InChI=1S/C17H19N3O3S/c1-10-4-5-11(2)14(6-10)23-8-13(21)7-20-9-18-16-15(17(20)22)12(3)19-24-16/h4-6,9,13,21H,7-8H2,1-3H3/t13-/m0/s1. The minimum Gasteiger partial charge on any atom is -0.491 e. The highest BCUT2D eigenvalue weighted by atomic mass is 32.1. The molecule has 6 nitrogen and oxygen atoms in total. The minimum absolute atomic E-state index is 0.107. The summed E-state index contributed by atoms with van der Waals surface area (Å²) in [4.78, 5) is 17.3. The number of nitrogens with zero attached hydrogens (tertiary/aromatic N) is 3. The summed E-state index contributed by atoms with van der Waals surface area (Å²) in [6, 6.07) is 5.92. The fourth-order valence-electron chi connectivity index (χ4n) is 2.47. The highest BCUT2D eigenvalue weighted by Gasteiger charge is 2.14. The molecule has 1 aromatic carbocycles.